The van der Waals surface area contributed by atoms with Crippen LogP contribution in [0.15, 0.2) is 0 Å². The predicted molar refractivity (Wildman–Crippen MR) is 65.0 cm³/mol. The van der Waals surface area contributed by atoms with E-state index in [0.717, 1.165) is 19.0 Å². The lowest BCUT2D eigenvalue weighted by atomic mass is 10.0. The monoisotopic (exact) mass is 210 g/mol. The van der Waals surface area contributed by atoms with Gasteiger partial charge in [-0.05, 0) is 50.0 Å². The third-order valence-corrected chi connectivity index (χ3v) is 3.85. The Bertz CT molecular complexity index is 183. The van der Waals surface area contributed by atoms with Crippen LogP contribution in [0.4, 0.5) is 0 Å². The first-order valence-electron chi connectivity index (χ1n) is 6.76. The van der Waals surface area contributed by atoms with Crippen molar-refractivity contribution in [2.24, 2.45) is 11.3 Å². The Morgan fingerprint density at radius 3 is 2.47 bits per heavy atom. The van der Waals surface area contributed by atoms with Crippen LogP contribution in [-0.2, 0) is 0 Å². The third kappa shape index (κ3) is 4.12. The molecule has 2 rings (SSSR count). The summed E-state index contributed by atoms with van der Waals surface area (Å²) in [6, 6.07) is 0. The Labute approximate surface area is 94.2 Å². The first kappa shape index (κ1) is 11.4. The van der Waals surface area contributed by atoms with Crippen LogP contribution in [0.5, 0.6) is 0 Å². The van der Waals surface area contributed by atoms with E-state index in [1.54, 1.807) is 0 Å². The first-order chi connectivity index (χ1) is 7.35. The molecule has 2 N–H and O–H groups in total. The molecule has 15 heavy (non-hydrogen) atoms. The lowest BCUT2D eigenvalue weighted by Gasteiger charge is -2.14. The maximum Gasteiger partial charge on any atom is 0.00769 e. The van der Waals surface area contributed by atoms with E-state index in [9.17, 15) is 0 Å². The molecule has 0 saturated heterocycles. The zero-order valence-electron chi connectivity index (χ0n) is 10.1. The van der Waals surface area contributed by atoms with Crippen molar-refractivity contribution in [2.45, 2.75) is 45.4 Å². The molecule has 2 aliphatic carbocycles. The van der Waals surface area contributed by atoms with Gasteiger partial charge in [-0.15, -0.1) is 0 Å². The Hall–Kier alpha value is -0.0800. The summed E-state index contributed by atoms with van der Waals surface area (Å²) in [6.45, 7) is 7.11. The summed E-state index contributed by atoms with van der Waals surface area (Å²) in [6.07, 6.45) is 8.61. The van der Waals surface area contributed by atoms with Gasteiger partial charge in [-0.25, -0.2) is 0 Å². The molecule has 2 fully saturated rings. The first-order valence-corrected chi connectivity index (χ1v) is 6.76. The van der Waals surface area contributed by atoms with Gasteiger partial charge in [0.2, 0.25) is 0 Å². The molecule has 0 bridgehead atoms. The average Bonchev–Trinajstić information content (AvgIpc) is 3.08. The van der Waals surface area contributed by atoms with Crippen molar-refractivity contribution in [3.63, 3.8) is 0 Å². The van der Waals surface area contributed by atoms with E-state index in [1.165, 1.54) is 51.6 Å². The van der Waals surface area contributed by atoms with E-state index >= 15 is 0 Å². The van der Waals surface area contributed by atoms with Gasteiger partial charge in [0.1, 0.15) is 0 Å². The minimum Gasteiger partial charge on any atom is -0.315 e. The summed E-state index contributed by atoms with van der Waals surface area (Å²) < 4.78 is 0. The fraction of sp³-hybridized carbons (Fsp3) is 1.00. The van der Waals surface area contributed by atoms with Crippen LogP contribution < -0.4 is 10.6 Å². The Morgan fingerprint density at radius 2 is 1.87 bits per heavy atom. The number of rotatable bonds is 9. The molecule has 0 aromatic rings. The van der Waals surface area contributed by atoms with Crippen LogP contribution in [0.25, 0.3) is 0 Å². The Kier molecular flexibility index (Phi) is 4.04. The van der Waals surface area contributed by atoms with Gasteiger partial charge in [0, 0.05) is 19.6 Å². The maximum absolute atomic E-state index is 3.60. The van der Waals surface area contributed by atoms with Crippen molar-refractivity contribution in [1.29, 1.82) is 0 Å². The molecule has 0 heterocycles. The van der Waals surface area contributed by atoms with E-state index in [2.05, 4.69) is 17.6 Å². The molecule has 88 valence electrons. The minimum absolute atomic E-state index is 0.714. The largest absolute Gasteiger partial charge is 0.315 e. The minimum atomic E-state index is 0.714. The summed E-state index contributed by atoms with van der Waals surface area (Å²) in [4.78, 5) is 0. The molecule has 2 saturated carbocycles. The van der Waals surface area contributed by atoms with Crippen molar-refractivity contribution in [3.05, 3.63) is 0 Å². The molecule has 0 aromatic heterocycles. The van der Waals surface area contributed by atoms with E-state index in [-0.39, 0.29) is 0 Å². The number of nitrogens with one attached hydrogen (secondary N) is 2. The Balaban J connectivity index is 1.41. The average molecular weight is 210 g/mol. The second-order valence-corrected chi connectivity index (χ2v) is 5.57. The SMILES string of the molecule is CCCC1(CNCCNCC2CC2)CC1. The third-order valence-electron chi connectivity index (χ3n) is 3.85. The highest BCUT2D eigenvalue weighted by atomic mass is 15.0. The molecule has 2 aliphatic rings. The molecule has 0 spiro atoms. The molecule has 0 aliphatic heterocycles. The quantitative estimate of drug-likeness (QED) is 0.570. The lowest BCUT2D eigenvalue weighted by Crippen LogP contribution is -2.32. The van der Waals surface area contributed by atoms with Gasteiger partial charge in [0.05, 0.1) is 0 Å². The van der Waals surface area contributed by atoms with Gasteiger partial charge in [-0.3, -0.25) is 0 Å². The van der Waals surface area contributed by atoms with E-state index in [1.807, 2.05) is 0 Å². The normalized spacial score (nSPS) is 23.0. The van der Waals surface area contributed by atoms with Gasteiger partial charge < -0.3 is 10.6 Å². The highest BCUT2D eigenvalue weighted by Crippen LogP contribution is 2.48. The number of hydrogen-bond acceptors (Lipinski definition) is 2. The maximum atomic E-state index is 3.60. The molecular formula is C13H26N2. The second kappa shape index (κ2) is 5.31. The molecule has 0 aromatic carbocycles. The summed E-state index contributed by atoms with van der Waals surface area (Å²) in [5.74, 6) is 1.01. The van der Waals surface area contributed by atoms with Crippen LogP contribution in [0, 0.1) is 11.3 Å². The molecule has 0 unspecified atom stereocenters. The topological polar surface area (TPSA) is 24.1 Å². The highest BCUT2D eigenvalue weighted by Gasteiger charge is 2.40. The summed E-state index contributed by atoms with van der Waals surface area (Å²) >= 11 is 0. The van der Waals surface area contributed by atoms with Gasteiger partial charge >= 0.3 is 0 Å². The summed E-state index contributed by atoms with van der Waals surface area (Å²) in [7, 11) is 0. The fourth-order valence-electron chi connectivity index (χ4n) is 2.38. The second-order valence-electron chi connectivity index (χ2n) is 5.57. The predicted octanol–water partition coefficient (Wildman–Crippen LogP) is 2.16. The molecule has 0 radical (unpaired) electrons. The molecular weight excluding hydrogens is 184 g/mol. The van der Waals surface area contributed by atoms with E-state index < -0.39 is 0 Å². The van der Waals surface area contributed by atoms with Crippen molar-refractivity contribution >= 4 is 0 Å². The summed E-state index contributed by atoms with van der Waals surface area (Å²) in [5, 5.41) is 7.13. The molecule has 0 amide bonds. The van der Waals surface area contributed by atoms with Crippen LogP contribution in [0.3, 0.4) is 0 Å². The van der Waals surface area contributed by atoms with Gasteiger partial charge in [-0.2, -0.15) is 0 Å². The molecule has 2 nitrogen and oxygen atoms in total. The van der Waals surface area contributed by atoms with Gasteiger partial charge in [-0.1, -0.05) is 13.3 Å². The van der Waals surface area contributed by atoms with Gasteiger partial charge in [0.15, 0.2) is 0 Å². The van der Waals surface area contributed by atoms with Gasteiger partial charge in [0.25, 0.3) is 0 Å². The van der Waals surface area contributed by atoms with E-state index in [4.69, 9.17) is 0 Å². The number of hydrogen-bond donors (Lipinski definition) is 2. The Morgan fingerprint density at radius 1 is 1.13 bits per heavy atom. The zero-order chi connectivity index (χ0) is 10.6. The van der Waals surface area contributed by atoms with Crippen LogP contribution >= 0.6 is 0 Å². The molecule has 2 heteroatoms. The van der Waals surface area contributed by atoms with Crippen molar-refractivity contribution in [1.82, 2.24) is 10.6 Å². The molecule has 0 atom stereocenters. The summed E-state index contributed by atoms with van der Waals surface area (Å²) in [5.41, 5.74) is 0.714. The van der Waals surface area contributed by atoms with Crippen LogP contribution in [-0.4, -0.2) is 26.2 Å². The van der Waals surface area contributed by atoms with Crippen LogP contribution in [0.2, 0.25) is 0 Å². The zero-order valence-corrected chi connectivity index (χ0v) is 10.1. The fourth-order valence-corrected chi connectivity index (χ4v) is 2.38. The highest BCUT2D eigenvalue weighted by molar-refractivity contribution is 4.94. The van der Waals surface area contributed by atoms with Crippen molar-refractivity contribution in [2.75, 3.05) is 26.2 Å². The van der Waals surface area contributed by atoms with Crippen molar-refractivity contribution < 1.29 is 0 Å². The lowest BCUT2D eigenvalue weighted by molar-refractivity contribution is 0.419. The smallest absolute Gasteiger partial charge is 0.00769 e. The van der Waals surface area contributed by atoms with Crippen LogP contribution in [0.1, 0.15) is 45.4 Å². The van der Waals surface area contributed by atoms with Crippen molar-refractivity contribution in [3.8, 4) is 0 Å². The standard InChI is InChI=1S/C13H26N2/c1-2-5-13(6-7-13)11-15-9-8-14-10-12-3-4-12/h12,14-15H,2-11H2,1H3. The van der Waals surface area contributed by atoms with E-state index in [0.29, 0.717) is 5.41 Å².